The number of carbonyl (C=O) groups is 1. The molecule has 0 aromatic heterocycles. The van der Waals surface area contributed by atoms with E-state index < -0.39 is 0 Å². The zero-order valence-electron chi connectivity index (χ0n) is 11.2. The Balaban J connectivity index is 1.82. The number of urea groups is 1. The molecule has 0 spiro atoms. The van der Waals surface area contributed by atoms with Crippen LogP contribution in [0.1, 0.15) is 5.56 Å². The van der Waals surface area contributed by atoms with Crippen LogP contribution in [-0.4, -0.2) is 61.0 Å². The van der Waals surface area contributed by atoms with Crippen molar-refractivity contribution in [3.05, 3.63) is 35.9 Å². The molecule has 1 fully saturated rings. The molecule has 4 heteroatoms. The number of piperazine rings is 1. The van der Waals surface area contributed by atoms with Crippen LogP contribution < -0.4 is 0 Å². The monoisotopic (exact) mass is 247 g/mol. The smallest absolute Gasteiger partial charge is 0.319 e. The predicted octanol–water partition coefficient (Wildman–Crippen LogP) is 1.49. The van der Waals surface area contributed by atoms with Crippen LogP contribution in [0.4, 0.5) is 4.79 Å². The van der Waals surface area contributed by atoms with Crippen LogP contribution >= 0.6 is 0 Å². The lowest BCUT2D eigenvalue weighted by atomic mass is 10.2. The van der Waals surface area contributed by atoms with Crippen LogP contribution in [-0.2, 0) is 6.54 Å². The summed E-state index contributed by atoms with van der Waals surface area (Å²) in [7, 11) is 3.61. The van der Waals surface area contributed by atoms with E-state index in [-0.39, 0.29) is 6.03 Å². The van der Waals surface area contributed by atoms with Crippen LogP contribution in [0, 0.1) is 0 Å². The number of benzene rings is 1. The van der Waals surface area contributed by atoms with Crippen molar-refractivity contribution >= 4 is 6.03 Å². The van der Waals surface area contributed by atoms with E-state index in [0.29, 0.717) is 0 Å². The van der Waals surface area contributed by atoms with Crippen molar-refractivity contribution in [3.63, 3.8) is 0 Å². The highest BCUT2D eigenvalue weighted by molar-refractivity contribution is 5.73. The molecule has 1 saturated heterocycles. The van der Waals surface area contributed by atoms with Crippen LogP contribution in [0.2, 0.25) is 0 Å². The molecule has 0 aliphatic carbocycles. The lowest BCUT2D eigenvalue weighted by Crippen LogP contribution is -2.51. The maximum absolute atomic E-state index is 11.8. The van der Waals surface area contributed by atoms with E-state index in [1.54, 1.807) is 19.0 Å². The number of hydrogen-bond acceptors (Lipinski definition) is 2. The molecule has 4 nitrogen and oxygen atoms in total. The fourth-order valence-electron chi connectivity index (χ4n) is 2.22. The van der Waals surface area contributed by atoms with E-state index in [1.165, 1.54) is 5.56 Å². The normalized spacial score (nSPS) is 16.7. The molecule has 0 radical (unpaired) electrons. The SMILES string of the molecule is CN(C)C(=O)N1CCN(Cc2ccccc2)CC1. The van der Waals surface area contributed by atoms with Gasteiger partial charge in [0.05, 0.1) is 0 Å². The Morgan fingerprint density at radius 1 is 1.11 bits per heavy atom. The van der Waals surface area contributed by atoms with E-state index in [4.69, 9.17) is 0 Å². The molecule has 1 aliphatic rings. The summed E-state index contributed by atoms with van der Waals surface area (Å²) in [6, 6.07) is 10.6. The molecule has 1 aromatic rings. The maximum Gasteiger partial charge on any atom is 0.319 e. The molecule has 0 N–H and O–H groups in total. The first kappa shape index (κ1) is 12.9. The Kier molecular flexibility index (Phi) is 4.20. The van der Waals surface area contributed by atoms with E-state index in [2.05, 4.69) is 29.2 Å². The molecule has 98 valence electrons. The Labute approximate surface area is 109 Å². The molecule has 1 heterocycles. The van der Waals surface area contributed by atoms with Gasteiger partial charge in [0.15, 0.2) is 0 Å². The summed E-state index contributed by atoms with van der Waals surface area (Å²) in [4.78, 5) is 17.8. The van der Waals surface area contributed by atoms with Gasteiger partial charge < -0.3 is 9.80 Å². The molecule has 0 atom stereocenters. The van der Waals surface area contributed by atoms with Crippen LogP contribution in [0.15, 0.2) is 30.3 Å². The fourth-order valence-corrected chi connectivity index (χ4v) is 2.22. The summed E-state index contributed by atoms with van der Waals surface area (Å²) < 4.78 is 0. The Morgan fingerprint density at radius 3 is 2.28 bits per heavy atom. The van der Waals surface area contributed by atoms with Gasteiger partial charge in [-0.1, -0.05) is 30.3 Å². The first-order valence-corrected chi connectivity index (χ1v) is 6.39. The molecule has 0 unspecified atom stereocenters. The quantitative estimate of drug-likeness (QED) is 0.791. The van der Waals surface area contributed by atoms with Gasteiger partial charge in [-0.05, 0) is 5.56 Å². The summed E-state index contributed by atoms with van der Waals surface area (Å²) in [6.45, 7) is 4.53. The zero-order chi connectivity index (χ0) is 13.0. The summed E-state index contributed by atoms with van der Waals surface area (Å²) in [6.07, 6.45) is 0. The predicted molar refractivity (Wildman–Crippen MR) is 72.4 cm³/mol. The number of carbonyl (C=O) groups excluding carboxylic acids is 1. The molecule has 2 amide bonds. The Morgan fingerprint density at radius 2 is 1.72 bits per heavy atom. The summed E-state index contributed by atoms with van der Waals surface area (Å²) in [5.74, 6) is 0. The van der Waals surface area contributed by atoms with Crippen molar-refractivity contribution in [2.45, 2.75) is 6.54 Å². The summed E-state index contributed by atoms with van der Waals surface area (Å²) in [5.41, 5.74) is 1.34. The van der Waals surface area contributed by atoms with Gasteiger partial charge in [0.2, 0.25) is 0 Å². The average Bonchev–Trinajstić information content (AvgIpc) is 2.40. The molecular formula is C14H21N3O. The second-order valence-electron chi connectivity index (χ2n) is 4.93. The molecule has 0 bridgehead atoms. The van der Waals surface area contributed by atoms with Gasteiger partial charge in [0, 0.05) is 46.8 Å². The second kappa shape index (κ2) is 5.87. The van der Waals surface area contributed by atoms with Gasteiger partial charge in [0.1, 0.15) is 0 Å². The second-order valence-corrected chi connectivity index (χ2v) is 4.93. The first-order chi connectivity index (χ1) is 8.66. The van der Waals surface area contributed by atoms with E-state index in [9.17, 15) is 4.79 Å². The van der Waals surface area contributed by atoms with Crippen LogP contribution in [0.5, 0.6) is 0 Å². The van der Waals surface area contributed by atoms with Crippen molar-refractivity contribution in [1.29, 1.82) is 0 Å². The highest BCUT2D eigenvalue weighted by atomic mass is 16.2. The molecule has 2 rings (SSSR count). The summed E-state index contributed by atoms with van der Waals surface area (Å²) >= 11 is 0. The molecule has 0 saturated carbocycles. The van der Waals surface area contributed by atoms with Crippen molar-refractivity contribution < 1.29 is 4.79 Å². The van der Waals surface area contributed by atoms with Gasteiger partial charge in [-0.15, -0.1) is 0 Å². The zero-order valence-corrected chi connectivity index (χ0v) is 11.2. The topological polar surface area (TPSA) is 26.8 Å². The molecule has 1 aliphatic heterocycles. The Hall–Kier alpha value is -1.55. The lowest BCUT2D eigenvalue weighted by Gasteiger charge is -2.35. The van der Waals surface area contributed by atoms with E-state index >= 15 is 0 Å². The first-order valence-electron chi connectivity index (χ1n) is 6.39. The van der Waals surface area contributed by atoms with Crippen molar-refractivity contribution in [1.82, 2.24) is 14.7 Å². The minimum absolute atomic E-state index is 0.120. The fraction of sp³-hybridized carbons (Fsp3) is 0.500. The van der Waals surface area contributed by atoms with Crippen molar-refractivity contribution in [2.75, 3.05) is 40.3 Å². The highest BCUT2D eigenvalue weighted by Gasteiger charge is 2.21. The number of amides is 2. The number of nitrogens with zero attached hydrogens (tertiary/aromatic N) is 3. The van der Waals surface area contributed by atoms with Crippen LogP contribution in [0.3, 0.4) is 0 Å². The summed E-state index contributed by atoms with van der Waals surface area (Å²) in [5, 5.41) is 0. The molecule has 1 aromatic carbocycles. The average molecular weight is 247 g/mol. The Bertz CT molecular complexity index is 383. The van der Waals surface area contributed by atoms with Crippen molar-refractivity contribution in [2.24, 2.45) is 0 Å². The van der Waals surface area contributed by atoms with Gasteiger partial charge in [-0.2, -0.15) is 0 Å². The molecular weight excluding hydrogens is 226 g/mol. The van der Waals surface area contributed by atoms with Gasteiger partial charge in [0.25, 0.3) is 0 Å². The third-order valence-electron chi connectivity index (χ3n) is 3.27. The largest absolute Gasteiger partial charge is 0.331 e. The minimum atomic E-state index is 0.120. The van der Waals surface area contributed by atoms with Crippen LogP contribution in [0.25, 0.3) is 0 Å². The lowest BCUT2D eigenvalue weighted by molar-refractivity contribution is 0.120. The highest BCUT2D eigenvalue weighted by Crippen LogP contribution is 2.09. The molecule has 18 heavy (non-hydrogen) atoms. The van der Waals surface area contributed by atoms with Crippen molar-refractivity contribution in [3.8, 4) is 0 Å². The van der Waals surface area contributed by atoms with Gasteiger partial charge in [-0.3, -0.25) is 4.90 Å². The van der Waals surface area contributed by atoms with E-state index in [0.717, 1.165) is 32.7 Å². The van der Waals surface area contributed by atoms with E-state index in [1.807, 2.05) is 11.0 Å². The van der Waals surface area contributed by atoms with Gasteiger partial charge in [-0.25, -0.2) is 4.79 Å². The van der Waals surface area contributed by atoms with Gasteiger partial charge >= 0.3 is 6.03 Å². The number of hydrogen-bond donors (Lipinski definition) is 0. The minimum Gasteiger partial charge on any atom is -0.331 e. The number of rotatable bonds is 2. The third-order valence-corrected chi connectivity index (χ3v) is 3.27. The third kappa shape index (κ3) is 3.23. The maximum atomic E-state index is 11.8. The standard InChI is InChI=1S/C14H21N3O/c1-15(2)14(18)17-10-8-16(9-11-17)12-13-6-4-3-5-7-13/h3-7H,8-12H2,1-2H3.